The van der Waals surface area contributed by atoms with E-state index in [9.17, 15) is 4.79 Å². The van der Waals surface area contributed by atoms with Gasteiger partial charge in [0.25, 0.3) is 5.91 Å². The maximum absolute atomic E-state index is 12.8. The zero-order valence-electron chi connectivity index (χ0n) is 12.2. The van der Waals surface area contributed by atoms with Crippen molar-refractivity contribution in [2.24, 2.45) is 11.8 Å². The predicted octanol–water partition coefficient (Wildman–Crippen LogP) is 2.83. The Hall–Kier alpha value is -0.870. The number of nitrogens with zero attached hydrogens (tertiary/aromatic N) is 1. The number of amides is 1. The fourth-order valence-corrected chi connectivity index (χ4v) is 4.03. The Morgan fingerprint density at radius 1 is 1.40 bits per heavy atom. The summed E-state index contributed by atoms with van der Waals surface area (Å²) in [4.78, 5) is 14.9. The van der Waals surface area contributed by atoms with Crippen molar-refractivity contribution in [3.05, 3.63) is 33.8 Å². The topological polar surface area (TPSA) is 32.3 Å². The first kappa shape index (κ1) is 14.1. The second kappa shape index (κ2) is 4.85. The Morgan fingerprint density at radius 3 is 2.80 bits per heavy atom. The molecule has 1 aromatic carbocycles. The summed E-state index contributed by atoms with van der Waals surface area (Å²) in [6.45, 7) is 9.37. The maximum Gasteiger partial charge on any atom is 0.254 e. The van der Waals surface area contributed by atoms with Crippen LogP contribution in [-0.2, 0) is 0 Å². The molecule has 2 aliphatic rings. The highest BCUT2D eigenvalue weighted by atomic mass is 79.9. The molecule has 0 saturated carbocycles. The number of hydrogen-bond acceptors (Lipinski definition) is 2. The molecule has 2 aliphatic heterocycles. The molecular weight excluding hydrogens is 316 g/mol. The van der Waals surface area contributed by atoms with E-state index in [1.54, 1.807) is 0 Å². The van der Waals surface area contributed by atoms with Gasteiger partial charge in [-0.3, -0.25) is 4.79 Å². The summed E-state index contributed by atoms with van der Waals surface area (Å²) in [5.74, 6) is 1.33. The first-order chi connectivity index (χ1) is 9.41. The van der Waals surface area contributed by atoms with Crippen LogP contribution in [-0.4, -0.2) is 36.0 Å². The van der Waals surface area contributed by atoms with Gasteiger partial charge in [-0.1, -0.05) is 22.0 Å². The fourth-order valence-electron chi connectivity index (χ4n) is 3.65. The monoisotopic (exact) mass is 336 g/mol. The minimum absolute atomic E-state index is 0.0669. The van der Waals surface area contributed by atoms with E-state index in [-0.39, 0.29) is 11.4 Å². The van der Waals surface area contributed by atoms with E-state index in [0.717, 1.165) is 35.2 Å². The van der Waals surface area contributed by atoms with Crippen LogP contribution in [0.3, 0.4) is 0 Å². The van der Waals surface area contributed by atoms with E-state index >= 15 is 0 Å². The number of aryl methyl sites for hydroxylation is 1. The van der Waals surface area contributed by atoms with Crippen LogP contribution in [0.2, 0.25) is 0 Å². The number of benzene rings is 1. The van der Waals surface area contributed by atoms with Crippen LogP contribution >= 0.6 is 15.9 Å². The fraction of sp³-hybridized carbons (Fsp3) is 0.562. The SMILES string of the molecule is Cc1ccc(C(=O)N2CC3CNCC3C2(C)C)cc1Br. The van der Waals surface area contributed by atoms with Gasteiger partial charge >= 0.3 is 0 Å². The minimum atomic E-state index is -0.0669. The van der Waals surface area contributed by atoms with Crippen molar-refractivity contribution in [3.63, 3.8) is 0 Å². The normalized spacial score (nSPS) is 27.7. The van der Waals surface area contributed by atoms with Crippen LogP contribution in [0.5, 0.6) is 0 Å². The zero-order chi connectivity index (χ0) is 14.5. The van der Waals surface area contributed by atoms with Gasteiger partial charge in [-0.05, 0) is 50.3 Å². The van der Waals surface area contributed by atoms with Crippen LogP contribution in [0.25, 0.3) is 0 Å². The lowest BCUT2D eigenvalue weighted by Crippen LogP contribution is -2.47. The van der Waals surface area contributed by atoms with Gasteiger partial charge in [0, 0.05) is 35.2 Å². The summed E-state index contributed by atoms with van der Waals surface area (Å²) in [5.41, 5.74) is 1.87. The third-order valence-electron chi connectivity index (χ3n) is 5.02. The van der Waals surface area contributed by atoms with Crippen LogP contribution in [0.4, 0.5) is 0 Å². The van der Waals surface area contributed by atoms with Crippen LogP contribution < -0.4 is 5.32 Å². The molecule has 108 valence electrons. The second-order valence-corrected chi connectivity index (χ2v) is 7.41. The summed E-state index contributed by atoms with van der Waals surface area (Å²) in [7, 11) is 0. The van der Waals surface area contributed by atoms with Crippen molar-refractivity contribution >= 4 is 21.8 Å². The molecule has 2 fully saturated rings. The van der Waals surface area contributed by atoms with Crippen molar-refractivity contribution in [1.29, 1.82) is 0 Å². The standard InChI is InChI=1S/C16H21BrN2O/c1-10-4-5-11(6-14(10)17)15(20)19-9-12-7-18-8-13(12)16(19,2)3/h4-6,12-13,18H,7-9H2,1-3H3. The average Bonchev–Trinajstić information content (AvgIpc) is 2.95. The number of hydrogen-bond donors (Lipinski definition) is 1. The molecule has 4 heteroatoms. The molecule has 2 heterocycles. The van der Waals surface area contributed by atoms with E-state index in [0.29, 0.717) is 11.8 Å². The number of carbonyl (C=O) groups excluding carboxylic acids is 1. The summed E-state index contributed by atoms with van der Waals surface area (Å²) in [6, 6.07) is 5.88. The quantitative estimate of drug-likeness (QED) is 0.855. The van der Waals surface area contributed by atoms with Gasteiger partial charge in [0.05, 0.1) is 0 Å². The van der Waals surface area contributed by atoms with Gasteiger partial charge in [0.2, 0.25) is 0 Å². The summed E-state index contributed by atoms with van der Waals surface area (Å²) < 4.78 is 1.00. The average molecular weight is 337 g/mol. The minimum Gasteiger partial charge on any atom is -0.333 e. The molecule has 0 aliphatic carbocycles. The highest BCUT2D eigenvalue weighted by Crippen LogP contribution is 2.41. The first-order valence-electron chi connectivity index (χ1n) is 7.20. The summed E-state index contributed by atoms with van der Waals surface area (Å²) >= 11 is 3.52. The van der Waals surface area contributed by atoms with Crippen LogP contribution in [0.1, 0.15) is 29.8 Å². The lowest BCUT2D eigenvalue weighted by molar-refractivity contribution is 0.0603. The predicted molar refractivity (Wildman–Crippen MR) is 83.8 cm³/mol. The molecule has 0 bridgehead atoms. The molecule has 1 aromatic rings. The molecule has 20 heavy (non-hydrogen) atoms. The van der Waals surface area contributed by atoms with Gasteiger partial charge in [-0.15, -0.1) is 0 Å². The van der Waals surface area contributed by atoms with E-state index < -0.39 is 0 Å². The first-order valence-corrected chi connectivity index (χ1v) is 7.99. The van der Waals surface area contributed by atoms with Gasteiger partial charge < -0.3 is 10.2 Å². The lowest BCUT2D eigenvalue weighted by atomic mass is 9.84. The van der Waals surface area contributed by atoms with Crippen molar-refractivity contribution in [2.45, 2.75) is 26.3 Å². The number of nitrogens with one attached hydrogen (secondary N) is 1. The molecule has 0 radical (unpaired) electrons. The Kier molecular flexibility index (Phi) is 3.41. The number of carbonyl (C=O) groups is 1. The van der Waals surface area contributed by atoms with Gasteiger partial charge in [-0.25, -0.2) is 0 Å². The number of halogens is 1. The Bertz CT molecular complexity index is 555. The van der Waals surface area contributed by atoms with Crippen LogP contribution in [0.15, 0.2) is 22.7 Å². The summed E-state index contributed by atoms with van der Waals surface area (Å²) in [5, 5.41) is 3.45. The third kappa shape index (κ3) is 2.09. The molecule has 0 spiro atoms. The van der Waals surface area contributed by atoms with Crippen LogP contribution in [0, 0.1) is 18.8 Å². The highest BCUT2D eigenvalue weighted by molar-refractivity contribution is 9.10. The molecule has 3 rings (SSSR count). The molecule has 2 saturated heterocycles. The molecule has 2 unspecified atom stereocenters. The molecule has 3 nitrogen and oxygen atoms in total. The number of fused-ring (bicyclic) bond motifs is 1. The molecular formula is C16H21BrN2O. The van der Waals surface area contributed by atoms with Gasteiger partial charge in [0.1, 0.15) is 0 Å². The maximum atomic E-state index is 12.8. The molecule has 1 N–H and O–H groups in total. The number of likely N-dealkylation sites (tertiary alicyclic amines) is 1. The Labute approximate surface area is 128 Å². The van der Waals surface area contributed by atoms with Crippen molar-refractivity contribution in [1.82, 2.24) is 10.2 Å². The number of rotatable bonds is 1. The Morgan fingerprint density at radius 2 is 2.15 bits per heavy atom. The van der Waals surface area contributed by atoms with E-state index in [2.05, 4.69) is 40.0 Å². The van der Waals surface area contributed by atoms with Crippen molar-refractivity contribution in [2.75, 3.05) is 19.6 Å². The smallest absolute Gasteiger partial charge is 0.254 e. The highest BCUT2D eigenvalue weighted by Gasteiger charge is 2.51. The second-order valence-electron chi connectivity index (χ2n) is 6.56. The van der Waals surface area contributed by atoms with Crippen molar-refractivity contribution in [3.8, 4) is 0 Å². The summed E-state index contributed by atoms with van der Waals surface area (Å²) in [6.07, 6.45) is 0. The van der Waals surface area contributed by atoms with Crippen molar-refractivity contribution < 1.29 is 4.79 Å². The molecule has 0 aromatic heterocycles. The lowest BCUT2D eigenvalue weighted by Gasteiger charge is -2.35. The molecule has 2 atom stereocenters. The van der Waals surface area contributed by atoms with Gasteiger partial charge in [-0.2, -0.15) is 0 Å². The molecule has 1 amide bonds. The Balaban J connectivity index is 1.89. The van der Waals surface area contributed by atoms with Gasteiger partial charge in [0.15, 0.2) is 0 Å². The zero-order valence-corrected chi connectivity index (χ0v) is 13.8. The van der Waals surface area contributed by atoms with E-state index in [1.807, 2.05) is 25.1 Å². The third-order valence-corrected chi connectivity index (χ3v) is 5.88. The largest absolute Gasteiger partial charge is 0.333 e. The van der Waals surface area contributed by atoms with E-state index in [1.165, 1.54) is 0 Å². The van der Waals surface area contributed by atoms with E-state index in [4.69, 9.17) is 0 Å².